The number of hydrogen-bond acceptors (Lipinski definition) is 2. The van der Waals surface area contributed by atoms with Crippen LogP contribution in [0.2, 0.25) is 0 Å². The van der Waals surface area contributed by atoms with Crippen LogP contribution in [-0.2, 0) is 11.2 Å². The maximum atomic E-state index is 12.0. The first-order valence-corrected chi connectivity index (χ1v) is 6.97. The molecule has 2 bridgehead atoms. The average Bonchev–Trinajstić information content (AvgIpc) is 2.81. The van der Waals surface area contributed by atoms with Crippen LogP contribution in [0.5, 0.6) is 5.75 Å². The summed E-state index contributed by atoms with van der Waals surface area (Å²) in [4.78, 5) is 15.5. The van der Waals surface area contributed by atoms with Gasteiger partial charge in [-0.2, -0.15) is 0 Å². The molecule has 4 rings (SSSR count). The van der Waals surface area contributed by atoms with Crippen molar-refractivity contribution in [3.63, 3.8) is 0 Å². The van der Waals surface area contributed by atoms with E-state index < -0.39 is 0 Å². The van der Waals surface area contributed by atoms with E-state index in [9.17, 15) is 4.79 Å². The first-order valence-electron chi connectivity index (χ1n) is 6.97. The first-order chi connectivity index (χ1) is 9.26. The van der Waals surface area contributed by atoms with Crippen LogP contribution in [0.1, 0.15) is 36.4 Å². The quantitative estimate of drug-likeness (QED) is 0.850. The number of ketones is 1. The molecule has 1 fully saturated rings. The third-order valence-electron chi connectivity index (χ3n) is 4.77. The number of aromatic amines is 1. The van der Waals surface area contributed by atoms with E-state index in [2.05, 4.69) is 17.1 Å². The lowest BCUT2D eigenvalue weighted by Gasteiger charge is -2.33. The van der Waals surface area contributed by atoms with Crippen LogP contribution in [0.15, 0.2) is 18.2 Å². The zero-order chi connectivity index (χ0) is 13.0. The fourth-order valence-electron chi connectivity index (χ4n) is 3.76. The minimum Gasteiger partial charge on any atom is -0.497 e. The molecule has 0 spiro atoms. The van der Waals surface area contributed by atoms with Gasteiger partial charge in [0.15, 0.2) is 0 Å². The lowest BCUT2D eigenvalue weighted by atomic mass is 9.71. The Morgan fingerprint density at radius 1 is 1.32 bits per heavy atom. The molecule has 1 aromatic carbocycles. The molecule has 98 valence electrons. The predicted molar refractivity (Wildman–Crippen MR) is 73.6 cm³/mol. The number of nitrogens with one attached hydrogen (secondary N) is 1. The number of carbonyl (C=O) groups is 1. The Kier molecular flexibility index (Phi) is 2.25. The summed E-state index contributed by atoms with van der Waals surface area (Å²) in [5.74, 6) is 2.14. The second kappa shape index (κ2) is 3.86. The highest BCUT2D eigenvalue weighted by Crippen LogP contribution is 2.44. The monoisotopic (exact) mass is 255 g/mol. The van der Waals surface area contributed by atoms with E-state index in [0.29, 0.717) is 11.7 Å². The number of benzene rings is 1. The minimum absolute atomic E-state index is 0.247. The van der Waals surface area contributed by atoms with Gasteiger partial charge in [-0.1, -0.05) is 0 Å². The molecule has 0 amide bonds. The van der Waals surface area contributed by atoms with Crippen molar-refractivity contribution in [1.29, 1.82) is 0 Å². The van der Waals surface area contributed by atoms with Gasteiger partial charge in [-0.3, -0.25) is 4.79 Å². The minimum atomic E-state index is 0.247. The highest BCUT2D eigenvalue weighted by atomic mass is 16.5. The molecule has 2 unspecified atom stereocenters. The maximum Gasteiger partial charge on any atom is 0.136 e. The Hall–Kier alpha value is -1.77. The molecule has 2 aromatic rings. The number of methoxy groups -OCH3 is 1. The van der Waals surface area contributed by atoms with Crippen LogP contribution in [0.25, 0.3) is 10.9 Å². The van der Waals surface area contributed by atoms with Gasteiger partial charge >= 0.3 is 0 Å². The van der Waals surface area contributed by atoms with Crippen LogP contribution in [0.4, 0.5) is 0 Å². The lowest BCUT2D eigenvalue weighted by molar-refractivity contribution is -0.125. The molecule has 3 heteroatoms. The largest absolute Gasteiger partial charge is 0.497 e. The normalized spacial score (nSPS) is 25.4. The fourth-order valence-corrected chi connectivity index (χ4v) is 3.76. The summed E-state index contributed by atoms with van der Waals surface area (Å²) in [6, 6.07) is 6.16. The lowest BCUT2D eigenvalue weighted by Crippen LogP contribution is -2.30. The second-order valence-electron chi connectivity index (χ2n) is 5.77. The van der Waals surface area contributed by atoms with Crippen LogP contribution >= 0.6 is 0 Å². The molecule has 1 heterocycles. The van der Waals surface area contributed by atoms with E-state index in [0.717, 1.165) is 31.4 Å². The molecule has 0 saturated heterocycles. The van der Waals surface area contributed by atoms with E-state index in [-0.39, 0.29) is 5.92 Å². The molecule has 2 aliphatic rings. The second-order valence-corrected chi connectivity index (χ2v) is 5.77. The molecule has 2 atom stereocenters. The Labute approximate surface area is 112 Å². The molecular weight excluding hydrogens is 238 g/mol. The third kappa shape index (κ3) is 1.54. The smallest absolute Gasteiger partial charge is 0.136 e. The fraction of sp³-hybridized carbons (Fsp3) is 0.438. The first kappa shape index (κ1) is 11.1. The highest BCUT2D eigenvalue weighted by Gasteiger charge is 2.37. The number of rotatable bonds is 1. The molecule has 19 heavy (non-hydrogen) atoms. The van der Waals surface area contributed by atoms with Crippen molar-refractivity contribution in [1.82, 2.24) is 4.98 Å². The number of hydrogen-bond donors (Lipinski definition) is 1. The summed E-state index contributed by atoms with van der Waals surface area (Å²) < 4.78 is 5.32. The van der Waals surface area contributed by atoms with Crippen molar-refractivity contribution in [2.75, 3.05) is 7.11 Å². The summed E-state index contributed by atoms with van der Waals surface area (Å²) in [6.07, 6.45) is 3.70. The topological polar surface area (TPSA) is 42.1 Å². The molecular formula is C16H17NO2. The molecule has 1 saturated carbocycles. The highest BCUT2D eigenvalue weighted by molar-refractivity contribution is 5.89. The SMILES string of the molecule is COc1ccc2[nH]c3c(c2c1)CC1CC3CCC1=O. The van der Waals surface area contributed by atoms with Gasteiger partial charge in [0.2, 0.25) is 0 Å². The van der Waals surface area contributed by atoms with Gasteiger partial charge in [-0.25, -0.2) is 0 Å². The van der Waals surface area contributed by atoms with Gasteiger partial charge in [0.1, 0.15) is 11.5 Å². The van der Waals surface area contributed by atoms with E-state index in [1.54, 1.807) is 7.11 Å². The third-order valence-corrected chi connectivity index (χ3v) is 4.77. The Balaban J connectivity index is 1.91. The maximum absolute atomic E-state index is 12.0. The number of ether oxygens (including phenoxy) is 1. The number of aromatic nitrogens is 1. The van der Waals surface area contributed by atoms with E-state index >= 15 is 0 Å². The van der Waals surface area contributed by atoms with Gasteiger partial charge in [0.25, 0.3) is 0 Å². The van der Waals surface area contributed by atoms with E-state index in [4.69, 9.17) is 4.74 Å². The van der Waals surface area contributed by atoms with Crippen molar-refractivity contribution in [3.8, 4) is 5.75 Å². The van der Waals surface area contributed by atoms with Crippen molar-refractivity contribution < 1.29 is 9.53 Å². The van der Waals surface area contributed by atoms with Crippen molar-refractivity contribution in [3.05, 3.63) is 29.5 Å². The van der Waals surface area contributed by atoms with Crippen LogP contribution < -0.4 is 4.74 Å². The number of Topliss-reactive ketones (excluding diaryl/α,β-unsaturated/α-hetero) is 1. The predicted octanol–water partition coefficient (Wildman–Crippen LogP) is 3.19. The van der Waals surface area contributed by atoms with Crippen LogP contribution in [0, 0.1) is 5.92 Å². The Morgan fingerprint density at radius 2 is 2.21 bits per heavy atom. The number of carbonyl (C=O) groups excluding carboxylic acids is 1. The summed E-state index contributed by atoms with van der Waals surface area (Å²) in [5.41, 5.74) is 3.89. The molecule has 0 aliphatic heterocycles. The summed E-state index contributed by atoms with van der Waals surface area (Å²) in [6.45, 7) is 0. The van der Waals surface area contributed by atoms with Crippen molar-refractivity contribution in [2.24, 2.45) is 5.92 Å². The van der Waals surface area contributed by atoms with Gasteiger partial charge in [0, 0.05) is 34.9 Å². The summed E-state index contributed by atoms with van der Waals surface area (Å²) >= 11 is 0. The Morgan fingerprint density at radius 3 is 3.05 bits per heavy atom. The van der Waals surface area contributed by atoms with Crippen LogP contribution in [-0.4, -0.2) is 17.9 Å². The average molecular weight is 255 g/mol. The van der Waals surface area contributed by atoms with Gasteiger partial charge in [0.05, 0.1) is 7.11 Å². The summed E-state index contributed by atoms with van der Waals surface area (Å²) in [7, 11) is 1.69. The van der Waals surface area contributed by atoms with E-state index in [1.807, 2.05) is 6.07 Å². The van der Waals surface area contributed by atoms with E-state index in [1.165, 1.54) is 22.2 Å². The number of fused-ring (bicyclic) bond motifs is 6. The van der Waals surface area contributed by atoms with Crippen molar-refractivity contribution in [2.45, 2.75) is 31.6 Å². The standard InChI is InChI=1S/C16H17NO2/c1-19-11-3-4-14-12(8-11)13-7-10-6-9(16(13)17-14)2-5-15(10)18/h3-4,8-10,17H,2,5-7H2,1H3. The van der Waals surface area contributed by atoms with Gasteiger partial charge in [-0.05, 0) is 43.0 Å². The molecule has 3 nitrogen and oxygen atoms in total. The molecule has 0 radical (unpaired) electrons. The number of H-pyrrole nitrogens is 1. The van der Waals surface area contributed by atoms with Gasteiger partial charge < -0.3 is 9.72 Å². The summed E-state index contributed by atoms with van der Waals surface area (Å²) in [5, 5.41) is 1.23. The zero-order valence-corrected chi connectivity index (χ0v) is 11.0. The molecule has 1 N–H and O–H groups in total. The van der Waals surface area contributed by atoms with Crippen LogP contribution in [0.3, 0.4) is 0 Å². The van der Waals surface area contributed by atoms with Gasteiger partial charge in [-0.15, -0.1) is 0 Å². The Bertz CT molecular complexity index is 671. The molecule has 1 aromatic heterocycles. The molecule has 2 aliphatic carbocycles. The zero-order valence-electron chi connectivity index (χ0n) is 11.0. The van der Waals surface area contributed by atoms with Crippen molar-refractivity contribution >= 4 is 16.7 Å².